The highest BCUT2D eigenvalue weighted by molar-refractivity contribution is 6.20. The van der Waals surface area contributed by atoms with Gasteiger partial charge >= 0.3 is 5.97 Å². The van der Waals surface area contributed by atoms with E-state index in [-0.39, 0.29) is 24.1 Å². The van der Waals surface area contributed by atoms with Crippen LogP contribution >= 0.6 is 11.6 Å². The van der Waals surface area contributed by atoms with Crippen LogP contribution in [0.3, 0.4) is 0 Å². The third kappa shape index (κ3) is 4.34. The first kappa shape index (κ1) is 16.0. The summed E-state index contributed by atoms with van der Waals surface area (Å²) in [6.07, 6.45) is 0.411. The second kappa shape index (κ2) is 7.62. The lowest BCUT2D eigenvalue weighted by Crippen LogP contribution is -2.35. The molecule has 1 aliphatic heterocycles. The predicted molar refractivity (Wildman–Crippen MR) is 89.2 cm³/mol. The minimum atomic E-state index is -0.611. The van der Waals surface area contributed by atoms with Gasteiger partial charge in [0.05, 0.1) is 6.10 Å². The number of benzene rings is 2. The van der Waals surface area contributed by atoms with Gasteiger partial charge in [0.25, 0.3) is 0 Å². The molecule has 1 aliphatic rings. The van der Waals surface area contributed by atoms with Crippen LogP contribution in [0.15, 0.2) is 60.7 Å². The summed E-state index contributed by atoms with van der Waals surface area (Å²) in [7, 11) is 0. The van der Waals surface area contributed by atoms with Crippen molar-refractivity contribution in [2.75, 3.05) is 0 Å². The zero-order chi connectivity index (χ0) is 16.1. The molecule has 3 rings (SSSR count). The standard InChI is InChI=1S/C19H19ClO3/c20-16-11-17(15-9-5-2-6-10-15)23-18(12-16)19(21)22-13-14-7-3-1-4-8-14/h1-10,16-18H,11-13H2/t16-,17-,18-/m1/s1. The molecule has 1 heterocycles. The van der Waals surface area contributed by atoms with Crippen LogP contribution in [0.2, 0.25) is 0 Å². The van der Waals surface area contributed by atoms with E-state index in [1.54, 1.807) is 0 Å². The van der Waals surface area contributed by atoms with Crippen LogP contribution in [0.5, 0.6) is 0 Å². The summed E-state index contributed by atoms with van der Waals surface area (Å²) in [6, 6.07) is 19.5. The van der Waals surface area contributed by atoms with Gasteiger partial charge in [-0.05, 0) is 17.5 Å². The molecule has 120 valence electrons. The average molecular weight is 331 g/mol. The molecule has 1 saturated heterocycles. The Kier molecular flexibility index (Phi) is 5.31. The van der Waals surface area contributed by atoms with Gasteiger partial charge in [-0.25, -0.2) is 4.79 Å². The lowest BCUT2D eigenvalue weighted by molar-refractivity contribution is -0.167. The van der Waals surface area contributed by atoms with Crippen LogP contribution in [0.25, 0.3) is 0 Å². The highest BCUT2D eigenvalue weighted by Crippen LogP contribution is 2.34. The second-order valence-electron chi connectivity index (χ2n) is 5.69. The van der Waals surface area contributed by atoms with Crippen LogP contribution in [0.4, 0.5) is 0 Å². The van der Waals surface area contributed by atoms with Gasteiger partial charge in [0.2, 0.25) is 0 Å². The van der Waals surface area contributed by atoms with Crippen molar-refractivity contribution in [1.29, 1.82) is 0 Å². The first-order valence-electron chi connectivity index (χ1n) is 7.77. The maximum atomic E-state index is 12.3. The average Bonchev–Trinajstić information content (AvgIpc) is 2.61. The quantitative estimate of drug-likeness (QED) is 0.620. The van der Waals surface area contributed by atoms with Gasteiger partial charge in [-0.15, -0.1) is 11.6 Å². The molecule has 2 aromatic carbocycles. The van der Waals surface area contributed by atoms with Gasteiger partial charge in [-0.3, -0.25) is 0 Å². The molecule has 4 heteroatoms. The van der Waals surface area contributed by atoms with Gasteiger partial charge in [-0.1, -0.05) is 60.7 Å². The molecule has 0 saturated carbocycles. The molecule has 3 nitrogen and oxygen atoms in total. The molecule has 0 unspecified atom stereocenters. The fourth-order valence-corrected chi connectivity index (χ4v) is 3.05. The molecule has 23 heavy (non-hydrogen) atoms. The monoisotopic (exact) mass is 330 g/mol. The number of ether oxygens (including phenoxy) is 2. The van der Waals surface area contributed by atoms with Gasteiger partial charge in [0, 0.05) is 11.8 Å². The lowest BCUT2D eigenvalue weighted by Gasteiger charge is -2.31. The number of esters is 1. The molecule has 2 aromatic rings. The minimum absolute atomic E-state index is 0.0942. The minimum Gasteiger partial charge on any atom is -0.459 e. The van der Waals surface area contributed by atoms with E-state index in [1.807, 2.05) is 60.7 Å². The van der Waals surface area contributed by atoms with E-state index in [0.29, 0.717) is 12.8 Å². The SMILES string of the molecule is O=C(OCc1ccccc1)[C@H]1C[C@H](Cl)C[C@H](c2ccccc2)O1. The fraction of sp³-hybridized carbons (Fsp3) is 0.316. The lowest BCUT2D eigenvalue weighted by atomic mass is 9.98. The van der Waals surface area contributed by atoms with E-state index in [1.165, 1.54) is 0 Å². The second-order valence-corrected chi connectivity index (χ2v) is 6.30. The molecular formula is C19H19ClO3. The summed E-state index contributed by atoms with van der Waals surface area (Å²) in [5.74, 6) is -0.347. The van der Waals surface area contributed by atoms with Gasteiger partial charge < -0.3 is 9.47 Å². The molecule has 1 fully saturated rings. The Labute approximate surface area is 141 Å². The number of halogens is 1. The maximum absolute atomic E-state index is 12.3. The summed E-state index contributed by atoms with van der Waals surface area (Å²) < 4.78 is 11.3. The van der Waals surface area contributed by atoms with Crippen LogP contribution in [0.1, 0.15) is 30.1 Å². The summed E-state index contributed by atoms with van der Waals surface area (Å²) in [4.78, 5) is 12.3. The van der Waals surface area contributed by atoms with Crippen LogP contribution in [0, 0.1) is 0 Å². The number of carbonyl (C=O) groups is 1. The van der Waals surface area contributed by atoms with Gasteiger partial charge in [0.1, 0.15) is 6.61 Å². The molecule has 0 amide bonds. The number of carbonyl (C=O) groups excluding carboxylic acids is 1. The summed E-state index contributed by atoms with van der Waals surface area (Å²) >= 11 is 6.33. The molecule has 0 radical (unpaired) electrons. The Balaban J connectivity index is 1.61. The molecular weight excluding hydrogens is 312 g/mol. The summed E-state index contributed by atoms with van der Waals surface area (Å²) in [6.45, 7) is 0.252. The predicted octanol–water partition coefficient (Wildman–Crippen LogP) is 4.26. The number of hydrogen-bond donors (Lipinski definition) is 0. The fourth-order valence-electron chi connectivity index (χ4n) is 2.73. The maximum Gasteiger partial charge on any atom is 0.335 e. The number of rotatable bonds is 4. The Morgan fingerprint density at radius 1 is 1.04 bits per heavy atom. The van der Waals surface area contributed by atoms with Crippen molar-refractivity contribution >= 4 is 17.6 Å². The Hall–Kier alpha value is -1.84. The molecule has 3 atom stereocenters. The molecule has 0 aromatic heterocycles. The van der Waals surface area contributed by atoms with Crippen molar-refractivity contribution in [3.05, 3.63) is 71.8 Å². The largest absolute Gasteiger partial charge is 0.459 e. The molecule has 0 N–H and O–H groups in total. The van der Waals surface area contributed by atoms with E-state index in [2.05, 4.69) is 0 Å². The van der Waals surface area contributed by atoms with Crippen LogP contribution in [-0.4, -0.2) is 17.5 Å². The van der Waals surface area contributed by atoms with Crippen molar-refractivity contribution in [2.45, 2.75) is 37.0 Å². The Bertz CT molecular complexity index is 630. The van der Waals surface area contributed by atoms with Crippen molar-refractivity contribution in [3.63, 3.8) is 0 Å². The molecule has 0 bridgehead atoms. The molecule has 0 spiro atoms. The van der Waals surface area contributed by atoms with Gasteiger partial charge in [-0.2, -0.15) is 0 Å². The third-order valence-corrected chi connectivity index (χ3v) is 4.28. The number of hydrogen-bond acceptors (Lipinski definition) is 3. The van der Waals surface area contributed by atoms with E-state index in [4.69, 9.17) is 21.1 Å². The van der Waals surface area contributed by atoms with Crippen molar-refractivity contribution in [2.24, 2.45) is 0 Å². The van der Waals surface area contributed by atoms with Crippen molar-refractivity contribution < 1.29 is 14.3 Å². The normalized spacial score (nSPS) is 24.1. The highest BCUT2D eigenvalue weighted by atomic mass is 35.5. The smallest absolute Gasteiger partial charge is 0.335 e. The van der Waals surface area contributed by atoms with Crippen LogP contribution in [-0.2, 0) is 20.9 Å². The van der Waals surface area contributed by atoms with E-state index in [0.717, 1.165) is 11.1 Å². The third-order valence-electron chi connectivity index (χ3n) is 3.93. The summed E-state index contributed by atoms with van der Waals surface area (Å²) in [5.41, 5.74) is 2.00. The first-order chi connectivity index (χ1) is 11.2. The molecule has 0 aliphatic carbocycles. The van der Waals surface area contributed by atoms with Crippen molar-refractivity contribution in [1.82, 2.24) is 0 Å². The van der Waals surface area contributed by atoms with Crippen LogP contribution < -0.4 is 0 Å². The number of alkyl halides is 1. The first-order valence-corrected chi connectivity index (χ1v) is 8.21. The van der Waals surface area contributed by atoms with E-state index < -0.39 is 6.10 Å². The summed E-state index contributed by atoms with van der Waals surface area (Å²) in [5, 5.41) is -0.0942. The van der Waals surface area contributed by atoms with E-state index in [9.17, 15) is 4.79 Å². The zero-order valence-electron chi connectivity index (χ0n) is 12.7. The Morgan fingerprint density at radius 3 is 2.39 bits per heavy atom. The van der Waals surface area contributed by atoms with E-state index >= 15 is 0 Å². The zero-order valence-corrected chi connectivity index (χ0v) is 13.5. The topological polar surface area (TPSA) is 35.5 Å². The van der Waals surface area contributed by atoms with Crippen molar-refractivity contribution in [3.8, 4) is 0 Å². The highest BCUT2D eigenvalue weighted by Gasteiger charge is 2.34. The van der Waals surface area contributed by atoms with Gasteiger partial charge in [0.15, 0.2) is 6.10 Å². The Morgan fingerprint density at radius 2 is 1.70 bits per heavy atom.